The van der Waals surface area contributed by atoms with Gasteiger partial charge >= 0.3 is 0 Å². The Morgan fingerprint density at radius 3 is 2.67 bits per heavy atom. The van der Waals surface area contributed by atoms with Crippen LogP contribution in [0.25, 0.3) is 0 Å². The van der Waals surface area contributed by atoms with Gasteiger partial charge in [-0.1, -0.05) is 11.8 Å². The Morgan fingerprint density at radius 1 is 1.27 bits per heavy atom. The molecule has 2 N–H and O–H groups in total. The number of aryl methyl sites for hydroxylation is 1. The molecule has 0 saturated carbocycles. The van der Waals surface area contributed by atoms with E-state index >= 15 is 0 Å². The first-order valence-electron chi connectivity index (χ1n) is 4.56. The van der Waals surface area contributed by atoms with Crippen molar-refractivity contribution in [2.75, 3.05) is 5.73 Å². The van der Waals surface area contributed by atoms with Gasteiger partial charge in [0.05, 0.1) is 11.9 Å². The largest absolute Gasteiger partial charge is 0.397 e. The zero-order valence-electron chi connectivity index (χ0n) is 8.34. The van der Waals surface area contributed by atoms with Gasteiger partial charge in [0.15, 0.2) is 0 Å². The zero-order chi connectivity index (χ0) is 10.7. The van der Waals surface area contributed by atoms with E-state index in [4.69, 9.17) is 5.73 Å². The van der Waals surface area contributed by atoms with Gasteiger partial charge < -0.3 is 5.73 Å². The van der Waals surface area contributed by atoms with E-state index in [-0.39, 0.29) is 0 Å². The molecule has 0 saturated heterocycles. The molecule has 0 atom stereocenters. The van der Waals surface area contributed by atoms with E-state index in [2.05, 4.69) is 9.97 Å². The molecule has 4 heteroatoms. The van der Waals surface area contributed by atoms with Crippen LogP contribution in [-0.2, 0) is 0 Å². The monoisotopic (exact) mass is 217 g/mol. The van der Waals surface area contributed by atoms with Crippen LogP contribution in [0, 0.1) is 6.92 Å². The van der Waals surface area contributed by atoms with Crippen molar-refractivity contribution in [1.29, 1.82) is 0 Å². The summed E-state index contributed by atoms with van der Waals surface area (Å²) in [7, 11) is 0. The molecule has 15 heavy (non-hydrogen) atoms. The number of nitrogens with zero attached hydrogens (tertiary/aromatic N) is 2. The minimum absolute atomic E-state index is 0.731. The summed E-state index contributed by atoms with van der Waals surface area (Å²) in [5.41, 5.74) is 7.49. The van der Waals surface area contributed by atoms with Gasteiger partial charge in [-0.25, -0.2) is 4.98 Å². The van der Waals surface area contributed by atoms with E-state index in [1.54, 1.807) is 30.4 Å². The third-order valence-corrected chi connectivity index (χ3v) is 2.94. The van der Waals surface area contributed by atoms with Gasteiger partial charge in [-0.2, -0.15) is 0 Å². The Hall–Kier alpha value is -1.55. The summed E-state index contributed by atoms with van der Waals surface area (Å²) in [6.07, 6.45) is 5.23. The van der Waals surface area contributed by atoms with Gasteiger partial charge in [0.1, 0.15) is 5.03 Å². The van der Waals surface area contributed by atoms with Crippen molar-refractivity contribution in [1.82, 2.24) is 9.97 Å². The lowest BCUT2D eigenvalue weighted by Crippen LogP contribution is -1.91. The molecule has 76 valence electrons. The highest BCUT2D eigenvalue weighted by molar-refractivity contribution is 7.99. The number of pyridine rings is 2. The molecule has 0 spiro atoms. The standard InChI is InChI=1S/C11H11N3S/c1-8-6-11(14-7-10(8)12)15-9-2-4-13-5-3-9/h2-7H,12H2,1H3. The number of hydrogen-bond donors (Lipinski definition) is 1. The van der Waals surface area contributed by atoms with E-state index in [0.717, 1.165) is 21.2 Å². The normalized spacial score (nSPS) is 10.2. The fraction of sp³-hybridized carbons (Fsp3) is 0.0909. The highest BCUT2D eigenvalue weighted by atomic mass is 32.2. The van der Waals surface area contributed by atoms with Crippen molar-refractivity contribution in [3.05, 3.63) is 42.4 Å². The van der Waals surface area contributed by atoms with Crippen LogP contribution in [0.5, 0.6) is 0 Å². The SMILES string of the molecule is Cc1cc(Sc2ccncc2)ncc1N. The van der Waals surface area contributed by atoms with Crippen LogP contribution in [0.4, 0.5) is 5.69 Å². The predicted octanol–water partition coefficient (Wildman–Crippen LogP) is 2.52. The Labute approximate surface area is 92.8 Å². The van der Waals surface area contributed by atoms with E-state index in [9.17, 15) is 0 Å². The first kappa shape index (κ1) is 9.98. The zero-order valence-corrected chi connectivity index (χ0v) is 9.16. The van der Waals surface area contributed by atoms with Crippen molar-refractivity contribution in [3.8, 4) is 0 Å². The molecule has 0 aliphatic heterocycles. The molecule has 0 fully saturated rings. The molecule has 0 aromatic carbocycles. The molecular weight excluding hydrogens is 206 g/mol. The third-order valence-electron chi connectivity index (χ3n) is 2.00. The summed E-state index contributed by atoms with van der Waals surface area (Å²) in [6.45, 7) is 1.98. The van der Waals surface area contributed by atoms with Crippen molar-refractivity contribution < 1.29 is 0 Å². The summed E-state index contributed by atoms with van der Waals surface area (Å²) in [5.74, 6) is 0. The Kier molecular flexibility index (Phi) is 2.87. The van der Waals surface area contributed by atoms with Crippen LogP contribution in [0.1, 0.15) is 5.56 Å². The molecule has 0 bridgehead atoms. The minimum atomic E-state index is 0.731. The lowest BCUT2D eigenvalue weighted by atomic mass is 10.3. The summed E-state index contributed by atoms with van der Waals surface area (Å²) >= 11 is 1.60. The number of hydrogen-bond acceptors (Lipinski definition) is 4. The second kappa shape index (κ2) is 4.31. The predicted molar refractivity (Wildman–Crippen MR) is 61.7 cm³/mol. The molecule has 0 aliphatic rings. The molecule has 2 rings (SSSR count). The Bertz CT molecular complexity index is 457. The van der Waals surface area contributed by atoms with Crippen LogP contribution in [0.15, 0.2) is 46.7 Å². The lowest BCUT2D eigenvalue weighted by Gasteiger charge is -2.03. The first-order chi connectivity index (χ1) is 7.25. The summed E-state index contributed by atoms with van der Waals surface area (Å²) in [5, 5.41) is 0.952. The Morgan fingerprint density at radius 2 is 2.00 bits per heavy atom. The number of aromatic nitrogens is 2. The van der Waals surface area contributed by atoms with Crippen LogP contribution >= 0.6 is 11.8 Å². The van der Waals surface area contributed by atoms with E-state index in [1.807, 2.05) is 25.1 Å². The second-order valence-corrected chi connectivity index (χ2v) is 4.26. The van der Waals surface area contributed by atoms with Crippen LogP contribution in [-0.4, -0.2) is 9.97 Å². The van der Waals surface area contributed by atoms with E-state index in [0.29, 0.717) is 0 Å². The van der Waals surface area contributed by atoms with Crippen molar-refractivity contribution in [2.45, 2.75) is 16.8 Å². The van der Waals surface area contributed by atoms with Gasteiger partial charge in [-0.15, -0.1) is 0 Å². The highest BCUT2D eigenvalue weighted by Crippen LogP contribution is 2.26. The molecular formula is C11H11N3S. The first-order valence-corrected chi connectivity index (χ1v) is 5.37. The Balaban J connectivity index is 2.22. The second-order valence-electron chi connectivity index (χ2n) is 3.16. The maximum Gasteiger partial charge on any atom is 0.101 e. The highest BCUT2D eigenvalue weighted by Gasteiger charge is 2.00. The molecule has 0 aliphatic carbocycles. The van der Waals surface area contributed by atoms with E-state index in [1.165, 1.54) is 0 Å². The molecule has 0 amide bonds. The molecule has 2 aromatic rings. The molecule has 2 heterocycles. The van der Waals surface area contributed by atoms with Crippen LogP contribution in [0.3, 0.4) is 0 Å². The van der Waals surface area contributed by atoms with Gasteiger partial charge in [0, 0.05) is 17.3 Å². The van der Waals surface area contributed by atoms with E-state index < -0.39 is 0 Å². The number of rotatable bonds is 2. The van der Waals surface area contributed by atoms with Crippen molar-refractivity contribution in [2.24, 2.45) is 0 Å². The van der Waals surface area contributed by atoms with Gasteiger partial charge in [-0.3, -0.25) is 4.98 Å². The minimum Gasteiger partial charge on any atom is -0.397 e. The van der Waals surface area contributed by atoms with Gasteiger partial charge in [0.25, 0.3) is 0 Å². The third kappa shape index (κ3) is 2.47. The number of anilines is 1. The molecule has 0 radical (unpaired) electrons. The topological polar surface area (TPSA) is 51.8 Å². The van der Waals surface area contributed by atoms with Crippen LogP contribution < -0.4 is 5.73 Å². The smallest absolute Gasteiger partial charge is 0.101 e. The fourth-order valence-corrected chi connectivity index (χ4v) is 1.96. The maximum absolute atomic E-state index is 5.70. The van der Waals surface area contributed by atoms with Crippen molar-refractivity contribution >= 4 is 17.4 Å². The molecule has 0 unspecified atom stereocenters. The van der Waals surface area contributed by atoms with Gasteiger partial charge in [-0.05, 0) is 30.7 Å². The summed E-state index contributed by atoms with van der Waals surface area (Å²) < 4.78 is 0. The number of nitrogen functional groups attached to an aromatic ring is 1. The van der Waals surface area contributed by atoms with Crippen molar-refractivity contribution in [3.63, 3.8) is 0 Å². The molecule has 3 nitrogen and oxygen atoms in total. The fourth-order valence-electron chi connectivity index (χ4n) is 1.12. The average Bonchev–Trinajstić information content (AvgIpc) is 2.25. The molecule has 2 aromatic heterocycles. The number of nitrogens with two attached hydrogens (primary N) is 1. The van der Waals surface area contributed by atoms with Gasteiger partial charge in [0.2, 0.25) is 0 Å². The summed E-state index contributed by atoms with van der Waals surface area (Å²) in [6, 6.07) is 5.90. The lowest BCUT2D eigenvalue weighted by molar-refractivity contribution is 1.11. The maximum atomic E-state index is 5.70. The average molecular weight is 217 g/mol. The quantitative estimate of drug-likeness (QED) is 0.839. The van der Waals surface area contributed by atoms with Crippen LogP contribution in [0.2, 0.25) is 0 Å². The summed E-state index contributed by atoms with van der Waals surface area (Å²) in [4.78, 5) is 9.34.